The van der Waals surface area contributed by atoms with Gasteiger partial charge in [0.1, 0.15) is 12.4 Å². The van der Waals surface area contributed by atoms with Crippen LogP contribution in [-0.4, -0.2) is 81.3 Å². The zero-order valence-corrected chi connectivity index (χ0v) is 30.0. The number of nitrogens with two attached hydrogens (primary N) is 1. The molecule has 4 aliphatic rings. The lowest BCUT2D eigenvalue weighted by atomic mass is 9.91. The minimum atomic E-state index is -4.78. The summed E-state index contributed by atoms with van der Waals surface area (Å²) in [6.07, 6.45) is -3.94. The molecule has 2 saturated heterocycles. The second kappa shape index (κ2) is 13.9. The fourth-order valence-corrected chi connectivity index (χ4v) is 8.65. The largest absolute Gasteiger partial charge is 0.461 e. The number of rotatable bonds is 7. The normalized spacial score (nSPS) is 23.1. The maximum absolute atomic E-state index is 14.3. The van der Waals surface area contributed by atoms with Crippen LogP contribution in [0.3, 0.4) is 0 Å². The number of alkyl halides is 3. The van der Waals surface area contributed by atoms with Crippen LogP contribution in [0.2, 0.25) is 10.0 Å². The van der Waals surface area contributed by atoms with Crippen molar-refractivity contribution in [3.05, 3.63) is 68.1 Å². The summed E-state index contributed by atoms with van der Waals surface area (Å²) < 4.78 is 83.4. The molecule has 4 aliphatic heterocycles. The summed E-state index contributed by atoms with van der Waals surface area (Å²) in [4.78, 5) is 27.9. The van der Waals surface area contributed by atoms with Gasteiger partial charge in [0.2, 0.25) is 0 Å². The van der Waals surface area contributed by atoms with Gasteiger partial charge in [0.15, 0.2) is 5.69 Å². The highest BCUT2D eigenvalue weighted by Gasteiger charge is 2.49. The van der Waals surface area contributed by atoms with E-state index >= 15 is 0 Å². The number of amides is 1. The molecule has 1 aromatic carbocycles. The van der Waals surface area contributed by atoms with E-state index in [4.69, 9.17) is 48.4 Å². The highest BCUT2D eigenvalue weighted by atomic mass is 35.5. The first-order valence-corrected chi connectivity index (χ1v) is 17.7. The molecule has 0 saturated carbocycles. The second-order valence-corrected chi connectivity index (χ2v) is 14.8. The van der Waals surface area contributed by atoms with Crippen molar-refractivity contribution in [2.75, 3.05) is 51.0 Å². The molecule has 2 aromatic heterocycles. The summed E-state index contributed by atoms with van der Waals surface area (Å²) in [7, 11) is 3.22. The van der Waals surface area contributed by atoms with Gasteiger partial charge in [0.05, 0.1) is 51.8 Å². The Morgan fingerprint density at radius 3 is 2.69 bits per heavy atom. The first-order valence-electron chi connectivity index (χ1n) is 16.9. The minimum absolute atomic E-state index is 0.000248. The Morgan fingerprint density at radius 1 is 1.17 bits per heavy atom. The lowest BCUT2D eigenvalue weighted by Gasteiger charge is -2.33. The Hall–Kier alpha value is -3.73. The fourth-order valence-electron chi connectivity index (χ4n) is 8.03. The number of nitrogen functional groups attached to an aromatic ring is 1. The molecule has 52 heavy (non-hydrogen) atoms. The zero-order valence-electron chi connectivity index (χ0n) is 28.5. The topological polar surface area (TPSA) is 115 Å². The van der Waals surface area contributed by atoms with Gasteiger partial charge in [-0.1, -0.05) is 23.2 Å². The highest BCUT2D eigenvalue weighted by Crippen LogP contribution is 2.46. The number of benzene rings is 1. The van der Waals surface area contributed by atoms with Gasteiger partial charge in [0.25, 0.3) is 12.0 Å². The van der Waals surface area contributed by atoms with Crippen LogP contribution in [0.1, 0.15) is 70.4 Å². The molecule has 6 heterocycles. The number of ether oxygens (including phenoxy) is 2. The van der Waals surface area contributed by atoms with Gasteiger partial charge in [0, 0.05) is 51.4 Å². The molecule has 3 atom stereocenters. The Kier molecular flexibility index (Phi) is 9.80. The molecule has 3 aromatic rings. The number of hydrogen-bond acceptors (Lipinski definition) is 9. The van der Waals surface area contributed by atoms with Crippen LogP contribution in [0.15, 0.2) is 24.3 Å². The first kappa shape index (κ1) is 36.6. The van der Waals surface area contributed by atoms with Crippen molar-refractivity contribution in [2.24, 2.45) is 5.92 Å². The molecule has 2 N–H and O–H groups in total. The van der Waals surface area contributed by atoms with Gasteiger partial charge < -0.3 is 25.0 Å². The quantitative estimate of drug-likeness (QED) is 0.212. The Morgan fingerprint density at radius 2 is 1.96 bits per heavy atom. The molecule has 0 spiro atoms. The predicted octanol–water partition coefficient (Wildman–Crippen LogP) is 6.52. The molecular weight excluding hydrogens is 734 g/mol. The molecule has 280 valence electrons. The van der Waals surface area contributed by atoms with E-state index in [-0.39, 0.29) is 66.0 Å². The lowest BCUT2D eigenvalue weighted by molar-refractivity contribution is -0.139. The van der Waals surface area contributed by atoms with Crippen molar-refractivity contribution < 1.29 is 36.2 Å². The maximum atomic E-state index is 14.3. The number of carbonyl (C=O) groups is 1. The lowest BCUT2D eigenvalue weighted by Crippen LogP contribution is -2.43. The first-order chi connectivity index (χ1) is 24.6. The van der Waals surface area contributed by atoms with Crippen molar-refractivity contribution in [2.45, 2.75) is 69.6 Å². The number of fused-ring (bicyclic) bond motifs is 3. The van der Waals surface area contributed by atoms with E-state index in [1.165, 1.54) is 11.0 Å². The van der Waals surface area contributed by atoms with Crippen molar-refractivity contribution in [1.29, 1.82) is 0 Å². The van der Waals surface area contributed by atoms with Crippen molar-refractivity contribution in [1.82, 2.24) is 29.5 Å². The van der Waals surface area contributed by atoms with E-state index in [1.807, 2.05) is 4.90 Å². The van der Waals surface area contributed by atoms with Gasteiger partial charge in [-0.05, 0) is 61.9 Å². The number of aromatic nitrogens is 4. The van der Waals surface area contributed by atoms with Crippen LogP contribution in [0.4, 0.5) is 33.5 Å². The van der Waals surface area contributed by atoms with E-state index in [9.17, 15) is 26.7 Å². The molecule has 18 heteroatoms. The highest BCUT2D eigenvalue weighted by molar-refractivity contribution is 6.34. The third kappa shape index (κ3) is 6.90. The van der Waals surface area contributed by atoms with Gasteiger partial charge in [-0.15, -0.1) is 0 Å². The molecule has 0 bridgehead atoms. The fraction of sp³-hybridized carbons (Fsp3) is 0.529. The number of halogens is 7. The number of hydrogen-bond donors (Lipinski definition) is 1. The van der Waals surface area contributed by atoms with Gasteiger partial charge >= 0.3 is 12.2 Å². The molecule has 7 rings (SSSR count). The predicted molar refractivity (Wildman–Crippen MR) is 182 cm³/mol. The van der Waals surface area contributed by atoms with Crippen LogP contribution >= 0.6 is 23.2 Å². The number of carbonyl (C=O) groups excluding carboxylic acids is 1. The summed E-state index contributed by atoms with van der Waals surface area (Å²) in [5.41, 5.74) is 5.98. The summed E-state index contributed by atoms with van der Waals surface area (Å²) in [6.45, 7) is 2.43. The number of nitrogens with zero attached hydrogens (tertiary/aromatic N) is 7. The maximum Gasteiger partial charge on any atom is 0.418 e. The molecule has 0 aliphatic carbocycles. The van der Waals surface area contributed by atoms with E-state index in [0.29, 0.717) is 55.2 Å². The second-order valence-electron chi connectivity index (χ2n) is 14.0. The zero-order chi connectivity index (χ0) is 37.1. The smallest absolute Gasteiger partial charge is 0.418 e. The van der Waals surface area contributed by atoms with Crippen LogP contribution < -0.4 is 15.4 Å². The molecule has 1 unspecified atom stereocenters. The van der Waals surface area contributed by atoms with Crippen LogP contribution in [-0.2, 0) is 37.0 Å². The third-order valence-corrected chi connectivity index (χ3v) is 11.0. The molecule has 2 fully saturated rings. The average Bonchev–Trinajstić information content (AvgIpc) is 3.64. The van der Waals surface area contributed by atoms with Gasteiger partial charge in [-0.25, -0.2) is 0 Å². The summed E-state index contributed by atoms with van der Waals surface area (Å²) in [6, 6.07) is 2.27. The van der Waals surface area contributed by atoms with E-state index in [0.717, 1.165) is 31.5 Å². The van der Waals surface area contributed by atoms with Crippen LogP contribution in [0, 0.1) is 5.92 Å². The Balaban J connectivity index is 1.26. The third-order valence-electron chi connectivity index (χ3n) is 10.3. The molecule has 0 radical (unpaired) electrons. The standard InChI is InChI=1S/C34H37Cl2F5N8O3/c1-46(2)31(50)29-28(36)24-15-47(6-4-8-49(24)45-29)30-21-16-51-25(20-10-19(42)11-22(35)27(20)34(39,40)41)12-23(21)43-32(44-30)52-17-33-5-3-7-48(33)14-18(13-33)9-26(37)38/h9-11,18,25H,3-8,12-17,42H2,1-2H3/t18-,25-,33?/m0/s1. The van der Waals surface area contributed by atoms with E-state index in [2.05, 4.69) is 10.00 Å². The van der Waals surface area contributed by atoms with E-state index < -0.39 is 34.5 Å². The minimum Gasteiger partial charge on any atom is -0.461 e. The Labute approximate surface area is 306 Å². The van der Waals surface area contributed by atoms with Crippen molar-refractivity contribution in [3.63, 3.8) is 0 Å². The van der Waals surface area contributed by atoms with E-state index in [1.54, 1.807) is 18.8 Å². The molecular formula is C34H37Cl2F5N8O3. The SMILES string of the molecule is CN(C)C(=O)c1nn2c(c1Cl)CN(c1nc(OCC34CCCN3C[C@@H](C=C(F)F)C4)nc3c1CO[C@H](c1cc(N)cc(Cl)c1C(F)(F)F)C3)CCC2. The Bertz CT molecular complexity index is 1920. The summed E-state index contributed by atoms with van der Waals surface area (Å²) >= 11 is 12.8. The summed E-state index contributed by atoms with van der Waals surface area (Å²) in [5, 5.41) is 4.18. The summed E-state index contributed by atoms with van der Waals surface area (Å²) in [5.74, 6) is -0.222. The monoisotopic (exact) mass is 770 g/mol. The molecule has 1 amide bonds. The number of aryl methyl sites for hydroxylation is 1. The van der Waals surface area contributed by atoms with Gasteiger partial charge in [-0.3, -0.25) is 14.4 Å². The van der Waals surface area contributed by atoms with Crippen molar-refractivity contribution in [3.8, 4) is 6.01 Å². The number of anilines is 2. The molecule has 11 nitrogen and oxygen atoms in total. The van der Waals surface area contributed by atoms with Gasteiger partial charge in [-0.2, -0.15) is 37.0 Å². The van der Waals surface area contributed by atoms with Crippen LogP contribution in [0.25, 0.3) is 0 Å². The van der Waals surface area contributed by atoms with Crippen LogP contribution in [0.5, 0.6) is 6.01 Å². The average molecular weight is 772 g/mol. The van der Waals surface area contributed by atoms with Crippen molar-refractivity contribution >= 4 is 40.6 Å².